The highest BCUT2D eigenvalue weighted by molar-refractivity contribution is 6.31. The molecule has 0 unspecified atom stereocenters. The molecule has 0 aliphatic carbocycles. The average Bonchev–Trinajstić information content (AvgIpc) is 2.78. The minimum absolute atomic E-state index is 0.110. The summed E-state index contributed by atoms with van der Waals surface area (Å²) in [7, 11) is 3.82. The predicted molar refractivity (Wildman–Crippen MR) is 128 cm³/mol. The molecule has 1 amide bonds. The molecule has 0 fully saturated rings. The van der Waals surface area contributed by atoms with Crippen LogP contribution in [-0.2, 0) is 19.1 Å². The van der Waals surface area contributed by atoms with Gasteiger partial charge in [-0.1, -0.05) is 35.9 Å². The maximum Gasteiger partial charge on any atom is 0.328 e. The number of carboxylic acid groups (broad SMARTS) is 2. The summed E-state index contributed by atoms with van der Waals surface area (Å²) in [4.78, 5) is 47.5. The molecule has 182 valence electrons. The fourth-order valence-corrected chi connectivity index (χ4v) is 2.67. The second-order valence-electron chi connectivity index (χ2n) is 7.09. The topological polar surface area (TPSA) is 124 Å². The lowest BCUT2D eigenvalue weighted by molar-refractivity contribution is -0.143. The van der Waals surface area contributed by atoms with Crippen LogP contribution in [0.5, 0.6) is 0 Å². The van der Waals surface area contributed by atoms with Gasteiger partial charge in [0.05, 0.1) is 6.42 Å². The van der Waals surface area contributed by atoms with Gasteiger partial charge in [-0.05, 0) is 44.4 Å². The van der Waals surface area contributed by atoms with Gasteiger partial charge in [0.1, 0.15) is 6.61 Å². The smallest absolute Gasteiger partial charge is 0.328 e. The number of nitrogens with zero attached hydrogens (tertiary/aromatic N) is 2. The molecule has 0 aromatic heterocycles. The Bertz CT molecular complexity index is 978. The van der Waals surface area contributed by atoms with Crippen LogP contribution in [0, 0.1) is 0 Å². The van der Waals surface area contributed by atoms with Gasteiger partial charge >= 0.3 is 17.9 Å². The van der Waals surface area contributed by atoms with Crippen molar-refractivity contribution >= 4 is 41.1 Å². The first-order valence-electron chi connectivity index (χ1n) is 10.2. The van der Waals surface area contributed by atoms with E-state index in [1.165, 1.54) is 0 Å². The van der Waals surface area contributed by atoms with E-state index in [4.69, 9.17) is 26.6 Å². The van der Waals surface area contributed by atoms with E-state index in [2.05, 4.69) is 0 Å². The molecule has 0 saturated carbocycles. The van der Waals surface area contributed by atoms with Gasteiger partial charge in [-0.15, -0.1) is 0 Å². The van der Waals surface area contributed by atoms with E-state index >= 15 is 0 Å². The highest BCUT2D eigenvalue weighted by atomic mass is 35.5. The van der Waals surface area contributed by atoms with Gasteiger partial charge in [0.2, 0.25) is 0 Å². The molecular formula is C24H27ClN2O7. The van der Waals surface area contributed by atoms with E-state index < -0.39 is 11.9 Å². The fraction of sp³-hybridized carbons (Fsp3) is 0.250. The van der Waals surface area contributed by atoms with Crippen LogP contribution >= 0.6 is 11.6 Å². The number of anilines is 1. The molecular weight excluding hydrogens is 464 g/mol. The molecule has 0 radical (unpaired) electrons. The van der Waals surface area contributed by atoms with Gasteiger partial charge in [0.15, 0.2) is 0 Å². The number of esters is 1. The molecule has 0 saturated heterocycles. The van der Waals surface area contributed by atoms with Crippen molar-refractivity contribution in [3.63, 3.8) is 0 Å². The summed E-state index contributed by atoms with van der Waals surface area (Å²) in [6.45, 7) is 1.21. The zero-order chi connectivity index (χ0) is 25.5. The first-order chi connectivity index (χ1) is 16.1. The third kappa shape index (κ3) is 11.8. The fourth-order valence-electron chi connectivity index (χ4n) is 2.49. The Morgan fingerprint density at radius 1 is 0.912 bits per heavy atom. The number of ether oxygens (including phenoxy) is 1. The summed E-state index contributed by atoms with van der Waals surface area (Å²) < 4.78 is 5.20. The Morgan fingerprint density at radius 2 is 1.53 bits per heavy atom. The predicted octanol–water partition coefficient (Wildman–Crippen LogP) is 3.19. The van der Waals surface area contributed by atoms with Crippen molar-refractivity contribution in [1.82, 2.24) is 4.90 Å². The molecule has 10 heteroatoms. The van der Waals surface area contributed by atoms with Crippen LogP contribution in [-0.4, -0.2) is 72.7 Å². The number of carboxylic acids is 2. The minimum atomic E-state index is -1.26. The second-order valence-corrected chi connectivity index (χ2v) is 7.52. The molecule has 0 bridgehead atoms. The maximum atomic E-state index is 12.9. The summed E-state index contributed by atoms with van der Waals surface area (Å²) in [6.07, 6.45) is 1.23. The summed E-state index contributed by atoms with van der Waals surface area (Å²) in [5.74, 6) is -3.03. The van der Waals surface area contributed by atoms with Gasteiger partial charge in [0.25, 0.3) is 5.91 Å². The van der Waals surface area contributed by atoms with E-state index in [-0.39, 0.29) is 24.8 Å². The van der Waals surface area contributed by atoms with E-state index in [0.29, 0.717) is 41.6 Å². The first kappa shape index (κ1) is 28.3. The van der Waals surface area contributed by atoms with Gasteiger partial charge in [-0.2, -0.15) is 0 Å². The van der Waals surface area contributed by atoms with E-state index in [0.717, 1.165) is 0 Å². The molecule has 2 aromatic carbocycles. The minimum Gasteiger partial charge on any atom is -0.478 e. The number of carbonyl (C=O) groups excluding carboxylic acids is 2. The number of halogens is 1. The Balaban J connectivity index is 0.000000620. The highest BCUT2D eigenvalue weighted by Gasteiger charge is 2.19. The van der Waals surface area contributed by atoms with E-state index in [1.54, 1.807) is 53.4 Å². The zero-order valence-electron chi connectivity index (χ0n) is 18.9. The molecule has 2 rings (SSSR count). The van der Waals surface area contributed by atoms with Crippen molar-refractivity contribution in [2.24, 2.45) is 0 Å². The molecule has 34 heavy (non-hydrogen) atoms. The van der Waals surface area contributed by atoms with Crippen molar-refractivity contribution in [2.45, 2.75) is 6.42 Å². The number of carbonyl (C=O) groups is 4. The lowest BCUT2D eigenvalue weighted by Gasteiger charge is -2.23. The van der Waals surface area contributed by atoms with Crippen molar-refractivity contribution in [2.75, 3.05) is 38.7 Å². The van der Waals surface area contributed by atoms with Crippen molar-refractivity contribution in [1.29, 1.82) is 0 Å². The standard InChI is InChI=1S/C20H23ClN2O3.C4H4O4/c1-22(2)13-14-26-19(24)11-12-23(18-10-6-9-17(21)15-18)20(25)16-7-4-3-5-8-16;5-3(6)1-2-4(7)8/h3-10,15H,11-14H2,1-2H3;1-2H,(H,5,6)(H,7,8)/b;2-1-. The monoisotopic (exact) mass is 490 g/mol. The lowest BCUT2D eigenvalue weighted by atomic mass is 10.1. The van der Waals surface area contributed by atoms with Gasteiger partial charge in [0, 0.05) is 41.5 Å². The Morgan fingerprint density at radius 3 is 2.06 bits per heavy atom. The molecule has 0 aliphatic rings. The van der Waals surface area contributed by atoms with Gasteiger partial charge < -0.3 is 24.7 Å². The van der Waals surface area contributed by atoms with Crippen LogP contribution in [0.2, 0.25) is 5.02 Å². The molecule has 0 atom stereocenters. The summed E-state index contributed by atoms with van der Waals surface area (Å²) in [5, 5.41) is 16.2. The Labute approximate surface area is 202 Å². The molecule has 2 N–H and O–H groups in total. The first-order valence-corrected chi connectivity index (χ1v) is 10.5. The number of benzene rings is 2. The third-order valence-corrected chi connectivity index (χ3v) is 4.33. The van der Waals surface area contributed by atoms with Crippen LogP contribution in [0.4, 0.5) is 5.69 Å². The Hall–Kier alpha value is -3.69. The molecule has 0 heterocycles. The van der Waals surface area contributed by atoms with Crippen LogP contribution in [0.15, 0.2) is 66.7 Å². The number of amides is 1. The van der Waals surface area contributed by atoms with Crippen LogP contribution in [0.25, 0.3) is 0 Å². The van der Waals surface area contributed by atoms with Crippen molar-refractivity contribution in [3.05, 3.63) is 77.3 Å². The SMILES string of the molecule is CN(C)CCOC(=O)CCN(C(=O)c1ccccc1)c1cccc(Cl)c1.O=C(O)/C=C\C(=O)O. The summed E-state index contributed by atoms with van der Waals surface area (Å²) >= 11 is 6.07. The normalized spacial score (nSPS) is 10.4. The molecule has 9 nitrogen and oxygen atoms in total. The lowest BCUT2D eigenvalue weighted by Crippen LogP contribution is -2.33. The number of aliphatic carboxylic acids is 2. The van der Waals surface area contributed by atoms with Gasteiger partial charge in [-0.25, -0.2) is 9.59 Å². The number of likely N-dealkylation sites (N-methyl/N-ethyl adjacent to an activating group) is 1. The van der Waals surface area contributed by atoms with Crippen molar-refractivity contribution < 1.29 is 34.1 Å². The number of rotatable bonds is 10. The highest BCUT2D eigenvalue weighted by Crippen LogP contribution is 2.22. The average molecular weight is 491 g/mol. The zero-order valence-corrected chi connectivity index (χ0v) is 19.6. The second kappa shape index (κ2) is 15.2. The van der Waals surface area contributed by atoms with Crippen LogP contribution < -0.4 is 4.90 Å². The van der Waals surface area contributed by atoms with Crippen molar-refractivity contribution in [3.8, 4) is 0 Å². The van der Waals surface area contributed by atoms with Crippen LogP contribution in [0.3, 0.4) is 0 Å². The number of hydrogen-bond donors (Lipinski definition) is 2. The van der Waals surface area contributed by atoms with E-state index in [1.807, 2.05) is 25.1 Å². The largest absolute Gasteiger partial charge is 0.478 e. The summed E-state index contributed by atoms with van der Waals surface area (Å²) in [5.41, 5.74) is 1.20. The maximum absolute atomic E-state index is 12.9. The molecule has 0 aliphatic heterocycles. The Kier molecular flexibility index (Phi) is 12.7. The molecule has 2 aromatic rings. The third-order valence-electron chi connectivity index (χ3n) is 4.10. The quantitative estimate of drug-likeness (QED) is 0.384. The van der Waals surface area contributed by atoms with Crippen LogP contribution in [0.1, 0.15) is 16.8 Å². The molecule has 0 spiro atoms. The number of hydrogen-bond acceptors (Lipinski definition) is 6. The summed E-state index contributed by atoms with van der Waals surface area (Å²) in [6, 6.07) is 16.0. The van der Waals surface area contributed by atoms with E-state index in [9.17, 15) is 19.2 Å². The van der Waals surface area contributed by atoms with Gasteiger partial charge in [-0.3, -0.25) is 9.59 Å².